The average Bonchev–Trinajstić information content (AvgIpc) is 3.62. The zero-order valence-electron chi connectivity index (χ0n) is 42.0. The van der Waals surface area contributed by atoms with Gasteiger partial charge in [0.1, 0.15) is 16.5 Å². The Balaban J connectivity index is 0.933. The van der Waals surface area contributed by atoms with E-state index in [-0.39, 0.29) is 74.6 Å². The van der Waals surface area contributed by atoms with Crippen LogP contribution in [-0.2, 0) is 10.0 Å². The van der Waals surface area contributed by atoms with Crippen LogP contribution in [0.5, 0.6) is 17.4 Å². The predicted molar refractivity (Wildman–Crippen MR) is 276 cm³/mol. The molecule has 3 aliphatic carbocycles. The Kier molecular flexibility index (Phi) is 14.9. The van der Waals surface area contributed by atoms with Crippen LogP contribution >= 0.6 is 0 Å². The number of halogens is 1. The van der Waals surface area contributed by atoms with E-state index in [0.29, 0.717) is 43.5 Å². The zero-order chi connectivity index (χ0) is 51.1. The van der Waals surface area contributed by atoms with Crippen LogP contribution < -0.4 is 29.5 Å². The third kappa shape index (κ3) is 10.8. The summed E-state index contributed by atoms with van der Waals surface area (Å²) in [5.74, 6) is -0.690. The van der Waals surface area contributed by atoms with Crippen molar-refractivity contribution >= 4 is 44.5 Å². The average molecular weight is 1010 g/mol. The summed E-state index contributed by atoms with van der Waals surface area (Å²) < 4.78 is 57.2. The number of piperidine rings is 1. The van der Waals surface area contributed by atoms with Gasteiger partial charge in [-0.2, -0.15) is 0 Å². The molecule has 18 heteroatoms. The van der Waals surface area contributed by atoms with Crippen molar-refractivity contribution in [2.75, 3.05) is 76.8 Å². The van der Waals surface area contributed by atoms with Crippen molar-refractivity contribution in [3.8, 4) is 17.4 Å². The van der Waals surface area contributed by atoms with E-state index >= 15 is 4.39 Å². The lowest BCUT2D eigenvalue weighted by Crippen LogP contribution is -2.98. The largest absolute Gasteiger partial charge is 0.629 e. The molecule has 5 aliphatic rings. The van der Waals surface area contributed by atoms with Crippen molar-refractivity contribution in [1.29, 1.82) is 0 Å². The molecule has 1 unspecified atom stereocenters. The smallest absolute Gasteiger partial charge is 0.268 e. The predicted octanol–water partition coefficient (Wildman–Crippen LogP) is 6.95. The van der Waals surface area contributed by atoms with Gasteiger partial charge in [0, 0.05) is 81.3 Å². The van der Waals surface area contributed by atoms with Crippen molar-refractivity contribution in [3.63, 3.8) is 0 Å². The molecule has 5 N–H and O–H groups in total. The first-order chi connectivity index (χ1) is 34.4. The summed E-state index contributed by atoms with van der Waals surface area (Å²) in [5.41, 5.74) is 3.71. The number of allylic oxidation sites excluding steroid dienone is 2. The highest BCUT2D eigenvalue weighted by Crippen LogP contribution is 2.53. The van der Waals surface area contributed by atoms with E-state index in [1.54, 1.807) is 12.1 Å². The highest BCUT2D eigenvalue weighted by Gasteiger charge is 2.50. The topological polar surface area (TPSA) is 197 Å². The van der Waals surface area contributed by atoms with E-state index < -0.39 is 32.4 Å². The lowest BCUT2D eigenvalue weighted by Gasteiger charge is -2.58. The quantitative estimate of drug-likeness (QED) is 0.0723. The Hall–Kier alpha value is -5.47. The molecule has 2 saturated carbocycles. The molecule has 2 aliphatic heterocycles. The van der Waals surface area contributed by atoms with Gasteiger partial charge < -0.3 is 40.2 Å². The first-order valence-corrected chi connectivity index (χ1v) is 26.8. The molecule has 9 rings (SSSR count). The number of pyridine rings is 2. The summed E-state index contributed by atoms with van der Waals surface area (Å²) in [4.78, 5) is 30.0. The van der Waals surface area contributed by atoms with Crippen molar-refractivity contribution < 1.29 is 42.4 Å². The number of fused-ring (bicyclic) bond motifs is 1. The standard InChI is InChI=1S/C54H69FN8O8S/c1-34(2)40-9-7-8-10-41(40)46-33-61(23-24-64)21-22-63(46)38-29-54(30-38)17-19-62(20-18-54)37-11-12-42(47(26-37)71-48-28-43-44(55)25-35(3)49(43)58-52(48)70-6)51(65)59-72(68,69)39-27-45(60(5)67)50(57-32-39)56-31-36-13-15-53(4,66)16-14-36/h7-12,25-28,32,34,36,38,46,60,64,66H,3,13-24,29-31,33H2,1-2,4-6H3,(H,56,57)(H,59,65)/t36?,46-,53?/m0/s1. The fourth-order valence-corrected chi connectivity index (χ4v) is 12.5. The van der Waals surface area contributed by atoms with Crippen LogP contribution in [0.4, 0.5) is 21.6 Å². The molecule has 4 heterocycles. The highest BCUT2D eigenvalue weighted by molar-refractivity contribution is 7.90. The minimum absolute atomic E-state index is 0.00479. The first-order valence-electron chi connectivity index (χ1n) is 25.3. The van der Waals surface area contributed by atoms with Crippen molar-refractivity contribution in [1.82, 2.24) is 24.5 Å². The minimum Gasteiger partial charge on any atom is -0.629 e. The van der Waals surface area contributed by atoms with Crippen LogP contribution in [0.1, 0.15) is 117 Å². The maximum atomic E-state index is 15.1. The molecule has 2 aromatic carbocycles. The van der Waals surface area contributed by atoms with Gasteiger partial charge in [-0.15, -0.1) is 0 Å². The lowest BCUT2D eigenvalue weighted by atomic mass is 9.59. The molecule has 1 spiro atoms. The second-order valence-corrected chi connectivity index (χ2v) is 22.9. The molecule has 4 fully saturated rings. The van der Waals surface area contributed by atoms with Crippen LogP contribution in [0.15, 0.2) is 78.3 Å². The number of aliphatic hydroxyl groups excluding tert-OH is 1. The van der Waals surface area contributed by atoms with Crippen LogP contribution in [-0.4, -0.2) is 123 Å². The fourth-order valence-electron chi connectivity index (χ4n) is 11.6. The number of benzene rings is 2. The second-order valence-electron chi connectivity index (χ2n) is 21.2. The van der Waals surface area contributed by atoms with Gasteiger partial charge in [0.05, 0.1) is 43.8 Å². The van der Waals surface area contributed by atoms with E-state index in [4.69, 9.17) is 9.47 Å². The summed E-state index contributed by atoms with van der Waals surface area (Å²) >= 11 is 0. The molecule has 2 aromatic heterocycles. The number of anilines is 2. The Bertz CT molecular complexity index is 2810. The number of ether oxygens (including phenoxy) is 2. The monoisotopic (exact) mass is 1010 g/mol. The number of piperazine rings is 1. The molecule has 2 saturated heterocycles. The molecular weight excluding hydrogens is 940 g/mol. The van der Waals surface area contributed by atoms with E-state index in [1.165, 1.54) is 49.6 Å². The maximum Gasteiger partial charge on any atom is 0.268 e. The van der Waals surface area contributed by atoms with Gasteiger partial charge in [-0.25, -0.2) is 27.5 Å². The number of rotatable bonds is 16. The second kappa shape index (κ2) is 20.8. The third-order valence-electron chi connectivity index (χ3n) is 15.9. The maximum absolute atomic E-state index is 15.1. The molecule has 16 nitrogen and oxygen atoms in total. The van der Waals surface area contributed by atoms with E-state index in [1.807, 2.05) is 6.92 Å². The van der Waals surface area contributed by atoms with E-state index in [2.05, 4.69) is 79.4 Å². The molecule has 2 atom stereocenters. The number of aromatic nitrogens is 2. The van der Waals surface area contributed by atoms with Crippen LogP contribution in [0.25, 0.3) is 11.4 Å². The number of hydroxylamine groups is 1. The van der Waals surface area contributed by atoms with Gasteiger partial charge >= 0.3 is 0 Å². The summed E-state index contributed by atoms with van der Waals surface area (Å²) in [7, 11) is -1.88. The highest BCUT2D eigenvalue weighted by atomic mass is 32.2. The normalized spacial score (nSPS) is 23.1. The number of sulfonamides is 1. The van der Waals surface area contributed by atoms with Gasteiger partial charge in [-0.3, -0.25) is 14.6 Å². The number of aliphatic hydroxyl groups is 2. The zero-order valence-corrected chi connectivity index (χ0v) is 42.9. The van der Waals surface area contributed by atoms with Gasteiger partial charge in [-0.05, 0) is 117 Å². The van der Waals surface area contributed by atoms with Crippen LogP contribution in [0.2, 0.25) is 0 Å². The Morgan fingerprint density at radius 1 is 1.04 bits per heavy atom. The van der Waals surface area contributed by atoms with Gasteiger partial charge in [0.15, 0.2) is 17.3 Å². The SMILES string of the molecule is C=C1C=C(F)c2cc(Oc3cc(N4CCC5(CC4)CC(N4CCN(CCO)C[C@H]4c4ccccc4C(C)C)C5)ccc3C(=O)NS(=O)(=O)c3cnc(NCC4CCC(C)(O)CC4)c([NH+](C)[O-])c3)c(OC)nc21. The number of hydrogen-bond donors (Lipinski definition) is 5. The Labute approximate surface area is 422 Å². The van der Waals surface area contributed by atoms with Crippen LogP contribution in [0.3, 0.4) is 0 Å². The van der Waals surface area contributed by atoms with Crippen molar-refractivity contribution in [2.45, 2.75) is 101 Å². The number of amides is 1. The fraction of sp³-hybridized carbons (Fsp3) is 0.500. The minimum atomic E-state index is -4.59. The van der Waals surface area contributed by atoms with Gasteiger partial charge in [0.25, 0.3) is 21.8 Å². The molecule has 72 heavy (non-hydrogen) atoms. The van der Waals surface area contributed by atoms with Crippen molar-refractivity contribution in [2.24, 2.45) is 11.3 Å². The molecule has 386 valence electrons. The summed E-state index contributed by atoms with van der Waals surface area (Å²) in [5, 5.41) is 35.8. The molecule has 4 aromatic rings. The number of nitrogens with one attached hydrogen (secondary N) is 3. The first kappa shape index (κ1) is 51.4. The lowest BCUT2D eigenvalue weighted by molar-refractivity contribution is -0.751. The molecule has 0 bridgehead atoms. The molecule has 0 radical (unpaired) electrons. The number of β-amino-alcohol motifs (C(OH)–C–C–N with tert-alkyl or cyclic N) is 1. The summed E-state index contributed by atoms with van der Waals surface area (Å²) in [6.07, 6.45) is 9.39. The summed E-state index contributed by atoms with van der Waals surface area (Å²) in [6, 6.07) is 17.1. The molecule has 1 amide bonds. The number of nitrogens with zero attached hydrogens (tertiary/aromatic N) is 5. The van der Waals surface area contributed by atoms with Crippen LogP contribution in [0, 0.1) is 16.5 Å². The Morgan fingerprint density at radius 3 is 2.47 bits per heavy atom. The van der Waals surface area contributed by atoms with E-state index in [0.717, 1.165) is 83.1 Å². The van der Waals surface area contributed by atoms with Gasteiger partial charge in [0.2, 0.25) is 0 Å². The Morgan fingerprint density at radius 2 is 1.78 bits per heavy atom. The number of carbonyl (C=O) groups is 1. The molecular formula is C54H69FN8O8S. The number of quaternary nitrogens is 1. The van der Waals surface area contributed by atoms with E-state index in [9.17, 15) is 28.6 Å². The van der Waals surface area contributed by atoms with Gasteiger partial charge in [-0.1, -0.05) is 44.7 Å². The number of carbonyl (C=O) groups excluding carboxylic acids is 1. The number of hydrogen-bond acceptors (Lipinski definition) is 14. The summed E-state index contributed by atoms with van der Waals surface area (Å²) in [6.45, 7) is 15.8. The third-order valence-corrected chi connectivity index (χ3v) is 17.2. The number of methoxy groups -OCH3 is 1. The van der Waals surface area contributed by atoms with Crippen molar-refractivity contribution in [3.05, 3.63) is 107 Å².